The van der Waals surface area contributed by atoms with Gasteiger partial charge in [0.25, 0.3) is 0 Å². The van der Waals surface area contributed by atoms with Gasteiger partial charge < -0.3 is 4.90 Å². The van der Waals surface area contributed by atoms with Crippen molar-refractivity contribution in [1.29, 1.82) is 0 Å². The third kappa shape index (κ3) is 5.41. The summed E-state index contributed by atoms with van der Waals surface area (Å²) in [7, 11) is -1.06. The van der Waals surface area contributed by atoms with Crippen LogP contribution in [0.25, 0.3) is 0 Å². The van der Waals surface area contributed by atoms with E-state index in [9.17, 15) is 13.2 Å². The first-order valence-corrected chi connectivity index (χ1v) is 13.6. The van der Waals surface area contributed by atoms with Crippen LogP contribution in [0, 0.1) is 0 Å². The Morgan fingerprint density at radius 1 is 0.875 bits per heavy atom. The van der Waals surface area contributed by atoms with Gasteiger partial charge in [-0.2, -0.15) is 0 Å². The number of amides is 1. The lowest BCUT2D eigenvalue weighted by molar-refractivity contribution is -0.137. The number of rotatable bonds is 7. The van der Waals surface area contributed by atoms with Gasteiger partial charge in [0.05, 0.1) is 24.1 Å². The minimum Gasteiger partial charge on any atom is -0.335 e. The van der Waals surface area contributed by atoms with Crippen LogP contribution in [0.3, 0.4) is 0 Å². The maximum Gasteiger partial charge on any atom is 0.237 e. The summed E-state index contributed by atoms with van der Waals surface area (Å²) < 4.78 is 24.4. The van der Waals surface area contributed by atoms with Crippen LogP contribution in [0.5, 0.6) is 0 Å². The predicted octanol–water partition coefficient (Wildman–Crippen LogP) is 4.06. The number of likely N-dealkylation sites (N-methyl/N-ethyl adjacent to an activating group) is 1. The smallest absolute Gasteiger partial charge is 0.237 e. The molecule has 6 heteroatoms. The molecule has 4 rings (SSSR count). The maximum absolute atomic E-state index is 13.7. The van der Waals surface area contributed by atoms with Gasteiger partial charge in [-0.1, -0.05) is 79.9 Å². The zero-order chi connectivity index (χ0) is 22.6. The van der Waals surface area contributed by atoms with Crippen molar-refractivity contribution in [3.63, 3.8) is 0 Å². The fraction of sp³-hybridized carbons (Fsp3) is 0.500. The highest BCUT2D eigenvalue weighted by molar-refractivity contribution is 7.91. The van der Waals surface area contributed by atoms with Crippen molar-refractivity contribution in [2.45, 2.75) is 56.7 Å². The lowest BCUT2D eigenvalue weighted by Gasteiger charge is -2.40. The molecule has 0 aromatic heterocycles. The molecule has 1 heterocycles. The number of carbonyl (C=O) groups excluding carboxylic acids is 1. The summed E-state index contributed by atoms with van der Waals surface area (Å²) in [6, 6.07) is 20.4. The average Bonchev–Trinajstić information content (AvgIpc) is 3.15. The monoisotopic (exact) mass is 454 g/mol. The number of carbonyl (C=O) groups is 1. The van der Waals surface area contributed by atoms with Crippen LogP contribution in [0.1, 0.15) is 55.7 Å². The van der Waals surface area contributed by atoms with Crippen molar-refractivity contribution in [1.82, 2.24) is 9.80 Å². The molecule has 1 atom stereocenters. The van der Waals surface area contributed by atoms with Gasteiger partial charge in [-0.3, -0.25) is 9.69 Å². The van der Waals surface area contributed by atoms with Crippen LogP contribution >= 0.6 is 0 Å². The van der Waals surface area contributed by atoms with E-state index >= 15 is 0 Å². The Morgan fingerprint density at radius 3 is 1.94 bits per heavy atom. The van der Waals surface area contributed by atoms with Gasteiger partial charge in [0.15, 0.2) is 9.84 Å². The van der Waals surface area contributed by atoms with Crippen molar-refractivity contribution < 1.29 is 13.2 Å². The molecule has 2 fully saturated rings. The highest BCUT2D eigenvalue weighted by Gasteiger charge is 2.39. The molecule has 5 nitrogen and oxygen atoms in total. The molecule has 2 aromatic rings. The lowest BCUT2D eigenvalue weighted by Crippen LogP contribution is -2.52. The highest BCUT2D eigenvalue weighted by atomic mass is 32.2. The van der Waals surface area contributed by atoms with Crippen molar-refractivity contribution in [2.75, 3.05) is 25.1 Å². The van der Waals surface area contributed by atoms with E-state index in [0.29, 0.717) is 6.42 Å². The zero-order valence-corrected chi connectivity index (χ0v) is 19.7. The molecule has 1 aliphatic heterocycles. The van der Waals surface area contributed by atoms with E-state index in [1.807, 2.05) is 48.3 Å². The number of nitrogens with zero attached hydrogens (tertiary/aromatic N) is 2. The van der Waals surface area contributed by atoms with Gasteiger partial charge in [-0.05, 0) is 37.4 Å². The molecule has 1 saturated carbocycles. The van der Waals surface area contributed by atoms with Crippen LogP contribution in [-0.2, 0) is 14.6 Å². The molecular weight excluding hydrogens is 420 g/mol. The molecule has 1 saturated heterocycles. The van der Waals surface area contributed by atoms with E-state index in [4.69, 9.17) is 0 Å². The molecule has 1 amide bonds. The zero-order valence-electron chi connectivity index (χ0n) is 18.9. The third-order valence-corrected chi connectivity index (χ3v) is 8.66. The van der Waals surface area contributed by atoms with Gasteiger partial charge >= 0.3 is 0 Å². The number of hydrogen-bond donors (Lipinski definition) is 0. The van der Waals surface area contributed by atoms with E-state index in [0.717, 1.165) is 36.8 Å². The van der Waals surface area contributed by atoms with Crippen LogP contribution in [0.4, 0.5) is 0 Å². The topological polar surface area (TPSA) is 57.7 Å². The summed E-state index contributed by atoms with van der Waals surface area (Å²) in [5.74, 6) is 0.360. The van der Waals surface area contributed by atoms with Gasteiger partial charge in [0.2, 0.25) is 5.91 Å². The number of hydrogen-bond acceptors (Lipinski definition) is 4. The lowest BCUT2D eigenvalue weighted by atomic mass is 9.92. The van der Waals surface area contributed by atoms with E-state index in [2.05, 4.69) is 29.2 Å². The van der Waals surface area contributed by atoms with E-state index < -0.39 is 9.84 Å². The Balaban J connectivity index is 1.58. The Morgan fingerprint density at radius 2 is 1.44 bits per heavy atom. The first kappa shape index (κ1) is 23.0. The fourth-order valence-corrected chi connectivity index (χ4v) is 7.13. The largest absolute Gasteiger partial charge is 0.335 e. The van der Waals surface area contributed by atoms with Crippen molar-refractivity contribution >= 4 is 15.7 Å². The molecule has 172 valence electrons. The quantitative estimate of drug-likeness (QED) is 0.633. The van der Waals surface area contributed by atoms with Crippen LogP contribution in [0.2, 0.25) is 0 Å². The molecular formula is C26H34N2O3S. The van der Waals surface area contributed by atoms with E-state index in [1.165, 1.54) is 6.42 Å². The molecule has 1 aliphatic carbocycles. The van der Waals surface area contributed by atoms with Crippen LogP contribution in [-0.4, -0.2) is 61.3 Å². The van der Waals surface area contributed by atoms with Crippen LogP contribution in [0.15, 0.2) is 60.7 Å². The molecule has 0 N–H and O–H groups in total. The van der Waals surface area contributed by atoms with Crippen molar-refractivity contribution in [2.24, 2.45) is 0 Å². The summed E-state index contributed by atoms with van der Waals surface area (Å²) in [5.41, 5.74) is 2.28. The first-order valence-electron chi connectivity index (χ1n) is 11.8. The number of benzene rings is 2. The predicted molar refractivity (Wildman–Crippen MR) is 128 cm³/mol. The Kier molecular flexibility index (Phi) is 7.31. The first-order chi connectivity index (χ1) is 15.4. The molecule has 0 bridgehead atoms. The molecule has 2 aliphatic rings. The minimum absolute atomic E-state index is 0.0399. The van der Waals surface area contributed by atoms with Gasteiger partial charge in [-0.25, -0.2) is 8.42 Å². The Bertz CT molecular complexity index is 949. The summed E-state index contributed by atoms with van der Waals surface area (Å²) >= 11 is 0. The summed E-state index contributed by atoms with van der Waals surface area (Å²) in [4.78, 5) is 17.8. The SMILES string of the molecule is CN(CC(=O)N(C1CCCCC1)[C@H]1CCS(=O)(=O)C1)C(c1ccccc1)c1ccccc1. The molecule has 0 radical (unpaired) electrons. The summed E-state index contributed by atoms with van der Waals surface area (Å²) in [6.07, 6.45) is 5.95. The third-order valence-electron chi connectivity index (χ3n) is 6.91. The molecule has 32 heavy (non-hydrogen) atoms. The van der Waals surface area contributed by atoms with Gasteiger partial charge in [-0.15, -0.1) is 0 Å². The van der Waals surface area contributed by atoms with Gasteiger partial charge in [0.1, 0.15) is 0 Å². The fourth-order valence-electron chi connectivity index (χ4n) is 5.42. The molecule has 0 spiro atoms. The second-order valence-electron chi connectivity index (χ2n) is 9.29. The molecule has 2 aromatic carbocycles. The Hall–Kier alpha value is -2.18. The Labute approximate surface area is 192 Å². The van der Waals surface area contributed by atoms with Crippen molar-refractivity contribution in [3.8, 4) is 0 Å². The molecule has 0 unspecified atom stereocenters. The van der Waals surface area contributed by atoms with Crippen molar-refractivity contribution in [3.05, 3.63) is 71.8 Å². The second kappa shape index (κ2) is 10.2. The van der Waals surface area contributed by atoms with Gasteiger partial charge in [0, 0.05) is 12.1 Å². The second-order valence-corrected chi connectivity index (χ2v) is 11.5. The highest BCUT2D eigenvalue weighted by Crippen LogP contribution is 2.31. The van der Waals surface area contributed by atoms with E-state index in [1.54, 1.807) is 0 Å². The van der Waals surface area contributed by atoms with E-state index in [-0.39, 0.29) is 42.1 Å². The maximum atomic E-state index is 13.7. The summed E-state index contributed by atoms with van der Waals surface area (Å²) in [6.45, 7) is 0.265. The normalized spacial score (nSPS) is 21.2. The average molecular weight is 455 g/mol. The van der Waals surface area contributed by atoms with Crippen LogP contribution < -0.4 is 0 Å². The standard InChI is InChI=1S/C26H34N2O3S/c1-27(26(21-11-5-2-6-12-21)22-13-7-3-8-14-22)19-25(29)28(23-15-9-4-10-16-23)24-17-18-32(30,31)20-24/h2-3,5-8,11-14,23-24,26H,4,9-10,15-20H2,1H3/t24-/m0/s1. The summed E-state index contributed by atoms with van der Waals surface area (Å²) in [5, 5.41) is 0. The number of sulfone groups is 1. The minimum atomic E-state index is -3.05.